The van der Waals surface area contributed by atoms with Gasteiger partial charge in [0, 0.05) is 11.5 Å². The number of hydrogen-bond acceptors (Lipinski definition) is 4. The molecule has 0 spiro atoms. The molecule has 7 heteroatoms. The molecule has 6 nitrogen and oxygen atoms in total. The lowest BCUT2D eigenvalue weighted by molar-refractivity contribution is -0.383. The van der Waals surface area contributed by atoms with Crippen LogP contribution in [0.15, 0.2) is 30.3 Å². The van der Waals surface area contributed by atoms with Gasteiger partial charge in [0.1, 0.15) is 5.56 Å². The van der Waals surface area contributed by atoms with E-state index >= 15 is 0 Å². The highest BCUT2D eigenvalue weighted by Gasteiger charge is 2.19. The summed E-state index contributed by atoms with van der Waals surface area (Å²) in [5.74, 6) is -1.03. The quantitative estimate of drug-likeness (QED) is 0.517. The van der Waals surface area contributed by atoms with Crippen molar-refractivity contribution in [2.75, 3.05) is 0 Å². The van der Waals surface area contributed by atoms with Crippen LogP contribution in [0, 0.1) is 10.1 Å². The number of carbonyl (C=O) groups is 1. The SMILES string of the molecule is O=C(O)c1ccc2c([N+](=O)[O-])cccc2c1OI. The van der Waals surface area contributed by atoms with Crippen LogP contribution in [0.4, 0.5) is 5.69 Å². The minimum atomic E-state index is -1.14. The molecular weight excluding hydrogens is 353 g/mol. The molecule has 0 unspecified atom stereocenters. The van der Waals surface area contributed by atoms with Crippen LogP contribution in [-0.2, 0) is 0 Å². The van der Waals surface area contributed by atoms with Crippen LogP contribution >= 0.6 is 23.0 Å². The molecule has 0 amide bonds. The first kappa shape index (κ1) is 12.6. The fourth-order valence-corrected chi connectivity index (χ4v) is 2.20. The number of nitrogens with zero attached hydrogens (tertiary/aromatic N) is 1. The van der Waals surface area contributed by atoms with Crippen LogP contribution in [0.1, 0.15) is 10.4 Å². The number of rotatable bonds is 3. The van der Waals surface area contributed by atoms with Gasteiger partial charge in [-0.3, -0.25) is 10.1 Å². The molecule has 0 saturated carbocycles. The van der Waals surface area contributed by atoms with Crippen molar-refractivity contribution in [1.29, 1.82) is 0 Å². The molecule has 0 fully saturated rings. The number of carboxylic acids is 1. The molecular formula is C11H6INO5. The summed E-state index contributed by atoms with van der Waals surface area (Å²) in [5.41, 5.74) is -0.114. The maximum atomic E-state index is 11.0. The zero-order valence-corrected chi connectivity index (χ0v) is 10.9. The molecule has 2 aromatic rings. The molecule has 18 heavy (non-hydrogen) atoms. The van der Waals surface area contributed by atoms with Gasteiger partial charge in [-0.1, -0.05) is 12.1 Å². The zero-order valence-electron chi connectivity index (χ0n) is 8.79. The lowest BCUT2D eigenvalue weighted by atomic mass is 10.0. The van der Waals surface area contributed by atoms with Crippen molar-refractivity contribution in [2.24, 2.45) is 0 Å². The fourth-order valence-electron chi connectivity index (χ4n) is 1.72. The molecule has 0 aromatic heterocycles. The second kappa shape index (κ2) is 4.77. The number of nitro benzene ring substituents is 1. The number of non-ortho nitro benzene ring substituents is 1. The van der Waals surface area contributed by atoms with Crippen LogP contribution in [-0.4, -0.2) is 16.0 Å². The third kappa shape index (κ3) is 1.96. The molecule has 0 saturated heterocycles. The Kier molecular flexibility index (Phi) is 3.32. The highest BCUT2D eigenvalue weighted by Crippen LogP contribution is 2.35. The topological polar surface area (TPSA) is 89.7 Å². The van der Waals surface area contributed by atoms with Crippen molar-refractivity contribution >= 4 is 45.4 Å². The Morgan fingerprint density at radius 3 is 2.56 bits per heavy atom. The van der Waals surface area contributed by atoms with E-state index in [1.165, 1.54) is 24.3 Å². The maximum Gasteiger partial charge on any atom is 0.339 e. The van der Waals surface area contributed by atoms with Gasteiger partial charge < -0.3 is 8.17 Å². The summed E-state index contributed by atoms with van der Waals surface area (Å²) in [7, 11) is 0. The van der Waals surface area contributed by atoms with Gasteiger partial charge in [-0.25, -0.2) is 4.79 Å². The monoisotopic (exact) mass is 359 g/mol. The van der Waals surface area contributed by atoms with Crippen LogP contribution in [0.2, 0.25) is 0 Å². The number of benzene rings is 2. The fraction of sp³-hybridized carbons (Fsp3) is 0. The largest absolute Gasteiger partial charge is 0.478 e. The molecule has 0 heterocycles. The van der Waals surface area contributed by atoms with Gasteiger partial charge >= 0.3 is 5.97 Å². The molecule has 1 N–H and O–H groups in total. The molecule has 2 aromatic carbocycles. The van der Waals surface area contributed by atoms with E-state index in [0.717, 1.165) is 0 Å². The molecule has 92 valence electrons. The smallest absolute Gasteiger partial charge is 0.339 e. The van der Waals surface area contributed by atoms with Crippen LogP contribution < -0.4 is 3.07 Å². The lowest BCUT2D eigenvalue weighted by Crippen LogP contribution is -1.99. The van der Waals surface area contributed by atoms with E-state index in [9.17, 15) is 14.9 Å². The first-order chi connectivity index (χ1) is 8.56. The highest BCUT2D eigenvalue weighted by molar-refractivity contribution is 14.1. The van der Waals surface area contributed by atoms with Crippen molar-refractivity contribution in [2.45, 2.75) is 0 Å². The van der Waals surface area contributed by atoms with Gasteiger partial charge in [0.15, 0.2) is 28.8 Å². The number of hydrogen-bond donors (Lipinski definition) is 1. The second-order valence-corrected chi connectivity index (χ2v) is 3.89. The second-order valence-electron chi connectivity index (χ2n) is 3.45. The minimum absolute atomic E-state index is 0.0302. The van der Waals surface area contributed by atoms with Crippen molar-refractivity contribution in [3.63, 3.8) is 0 Å². The predicted molar refractivity (Wildman–Crippen MR) is 72.2 cm³/mol. The van der Waals surface area contributed by atoms with E-state index in [1.54, 1.807) is 29.1 Å². The Hall–Kier alpha value is -1.90. The molecule has 0 radical (unpaired) electrons. The van der Waals surface area contributed by atoms with Gasteiger partial charge in [-0.2, -0.15) is 0 Å². The van der Waals surface area contributed by atoms with Crippen molar-refractivity contribution < 1.29 is 17.9 Å². The summed E-state index contributed by atoms with van der Waals surface area (Å²) >= 11 is 1.56. The van der Waals surface area contributed by atoms with E-state index in [1.807, 2.05) is 0 Å². The summed E-state index contributed by atoms with van der Waals surface area (Å²) in [6, 6.07) is 7.15. The van der Waals surface area contributed by atoms with Gasteiger partial charge in [0.25, 0.3) is 5.69 Å². The molecule has 0 aliphatic rings. The Morgan fingerprint density at radius 2 is 2.00 bits per heavy atom. The third-order valence-electron chi connectivity index (χ3n) is 2.49. The number of fused-ring (bicyclic) bond motifs is 1. The Labute approximate surface area is 115 Å². The third-order valence-corrected chi connectivity index (χ3v) is 2.93. The van der Waals surface area contributed by atoms with E-state index in [0.29, 0.717) is 10.8 Å². The van der Waals surface area contributed by atoms with Crippen molar-refractivity contribution in [3.05, 3.63) is 46.0 Å². The molecule has 0 aliphatic carbocycles. The van der Waals surface area contributed by atoms with Gasteiger partial charge in [0.05, 0.1) is 10.3 Å². The van der Waals surface area contributed by atoms with Crippen LogP contribution in [0.3, 0.4) is 0 Å². The van der Waals surface area contributed by atoms with Gasteiger partial charge in [0.2, 0.25) is 0 Å². The summed E-state index contributed by atoms with van der Waals surface area (Å²) in [6.45, 7) is 0. The zero-order chi connectivity index (χ0) is 13.3. The van der Waals surface area contributed by atoms with E-state index in [2.05, 4.69) is 0 Å². The Balaban J connectivity index is 2.87. The molecule has 0 atom stereocenters. The Morgan fingerprint density at radius 1 is 1.28 bits per heavy atom. The van der Waals surface area contributed by atoms with E-state index in [4.69, 9.17) is 8.17 Å². The number of nitro groups is 1. The summed E-state index contributed by atoms with van der Waals surface area (Å²) in [4.78, 5) is 21.4. The average Bonchev–Trinajstić information content (AvgIpc) is 2.35. The number of aromatic carboxylic acids is 1. The predicted octanol–water partition coefficient (Wildman–Crippen LogP) is 3.18. The lowest BCUT2D eigenvalue weighted by Gasteiger charge is -2.07. The van der Waals surface area contributed by atoms with Gasteiger partial charge in [-0.15, -0.1) is 0 Å². The van der Waals surface area contributed by atoms with E-state index < -0.39 is 10.9 Å². The maximum absolute atomic E-state index is 11.0. The first-order valence-electron chi connectivity index (χ1n) is 4.78. The number of carboxylic acid groups (broad SMARTS) is 1. The van der Waals surface area contributed by atoms with E-state index in [-0.39, 0.29) is 17.0 Å². The Bertz CT molecular complexity index is 655. The molecule has 0 aliphatic heterocycles. The normalized spacial score (nSPS) is 10.3. The van der Waals surface area contributed by atoms with Gasteiger partial charge in [-0.05, 0) is 12.1 Å². The molecule has 2 rings (SSSR count). The molecule has 0 bridgehead atoms. The summed E-state index contributed by atoms with van der Waals surface area (Å²) in [5, 5.41) is 20.6. The van der Waals surface area contributed by atoms with Crippen LogP contribution in [0.25, 0.3) is 10.8 Å². The number of halogens is 1. The first-order valence-corrected chi connectivity index (χ1v) is 5.66. The van der Waals surface area contributed by atoms with Crippen LogP contribution in [0.5, 0.6) is 5.75 Å². The average molecular weight is 359 g/mol. The summed E-state index contributed by atoms with van der Waals surface area (Å²) < 4.78 is 5.02. The van der Waals surface area contributed by atoms with Crippen molar-refractivity contribution in [3.8, 4) is 5.75 Å². The van der Waals surface area contributed by atoms with Crippen molar-refractivity contribution in [1.82, 2.24) is 0 Å². The standard InChI is InChI=1S/C11H6INO5/c12-18-10-7-2-1-3-9(13(16)17)6(7)4-5-8(10)11(14)15/h1-5H,(H,14,15). The highest BCUT2D eigenvalue weighted by atomic mass is 127. The summed E-state index contributed by atoms with van der Waals surface area (Å²) in [6.07, 6.45) is 0. The minimum Gasteiger partial charge on any atom is -0.478 e.